The molecule has 4 saturated carbocycles. The molecule has 5 rings (SSSR count). The average Bonchev–Trinajstić information content (AvgIpc) is 2.96. The van der Waals surface area contributed by atoms with Gasteiger partial charge in [-0.3, -0.25) is 4.79 Å². The van der Waals surface area contributed by atoms with Gasteiger partial charge in [0, 0.05) is 25.2 Å². The molecule has 0 aromatic heterocycles. The van der Waals surface area contributed by atoms with Crippen molar-refractivity contribution in [1.82, 2.24) is 10.2 Å². The van der Waals surface area contributed by atoms with E-state index >= 15 is 0 Å². The summed E-state index contributed by atoms with van der Waals surface area (Å²) in [6.45, 7) is 1.77. The molecule has 5 aliphatic rings. The number of hydrogen-bond acceptors (Lipinski definition) is 2. The predicted molar refractivity (Wildman–Crippen MR) is 65.9 cm³/mol. The Hall–Kier alpha value is -0.780. The molecule has 0 aromatic rings. The molecule has 6 heteroatoms. The Bertz CT molecular complexity index is 432. The highest BCUT2D eigenvalue weighted by atomic mass is 19.4. The molecule has 0 radical (unpaired) electrons. The molecule has 2 bridgehead atoms. The lowest BCUT2D eigenvalue weighted by Crippen LogP contribution is -2.79. The molecule has 4 aliphatic carbocycles. The van der Waals surface area contributed by atoms with Crippen LogP contribution in [0.4, 0.5) is 13.2 Å². The van der Waals surface area contributed by atoms with Crippen LogP contribution in [0.5, 0.6) is 0 Å². The van der Waals surface area contributed by atoms with Gasteiger partial charge in [0.25, 0.3) is 0 Å². The summed E-state index contributed by atoms with van der Waals surface area (Å²) in [4.78, 5) is 12.3. The fourth-order valence-corrected chi connectivity index (χ4v) is 4.54. The fourth-order valence-electron chi connectivity index (χ4n) is 4.54. The van der Waals surface area contributed by atoms with Gasteiger partial charge in [0.05, 0.1) is 5.41 Å². The molecule has 1 aliphatic heterocycles. The first-order valence-electron chi connectivity index (χ1n) is 7.33. The molecule has 1 amide bonds. The zero-order chi connectivity index (χ0) is 14.2. The van der Waals surface area contributed by atoms with Crippen LogP contribution in [0.25, 0.3) is 0 Å². The van der Waals surface area contributed by atoms with Gasteiger partial charge in [0.1, 0.15) is 0 Å². The Kier molecular flexibility index (Phi) is 2.27. The number of carbonyl (C=O) groups excluding carboxylic acids is 1. The molecule has 0 unspecified atom stereocenters. The second-order valence-electron chi connectivity index (χ2n) is 7.56. The normalized spacial score (nSPS) is 41.5. The molecule has 0 aromatic carbocycles. The highest BCUT2D eigenvalue weighted by Crippen LogP contribution is 2.72. The van der Waals surface area contributed by atoms with Gasteiger partial charge in [-0.25, -0.2) is 0 Å². The zero-order valence-corrected chi connectivity index (χ0v) is 11.3. The molecule has 1 saturated heterocycles. The highest BCUT2D eigenvalue weighted by Gasteiger charge is 2.72. The second kappa shape index (κ2) is 3.51. The Morgan fingerprint density at radius 1 is 1.20 bits per heavy atom. The third-order valence-corrected chi connectivity index (χ3v) is 6.25. The van der Waals surface area contributed by atoms with Crippen molar-refractivity contribution < 1.29 is 18.0 Å². The van der Waals surface area contributed by atoms with Crippen LogP contribution >= 0.6 is 0 Å². The molecule has 5 fully saturated rings. The fraction of sp³-hybridized carbons (Fsp3) is 0.929. The van der Waals surface area contributed by atoms with E-state index in [0.717, 1.165) is 38.8 Å². The van der Waals surface area contributed by atoms with Gasteiger partial charge in [-0.15, -0.1) is 0 Å². The number of halogens is 3. The molecule has 0 spiro atoms. The van der Waals surface area contributed by atoms with E-state index in [0.29, 0.717) is 11.3 Å². The lowest BCUT2D eigenvalue weighted by molar-refractivity contribution is -0.227. The number of alkyl halides is 3. The maximum atomic E-state index is 12.9. The highest BCUT2D eigenvalue weighted by molar-refractivity contribution is 5.49. The van der Waals surface area contributed by atoms with Gasteiger partial charge < -0.3 is 10.2 Å². The lowest BCUT2D eigenvalue weighted by atomic mass is 9.35. The summed E-state index contributed by atoms with van der Waals surface area (Å²) in [7, 11) is 0. The summed E-state index contributed by atoms with van der Waals surface area (Å²) >= 11 is 0. The maximum absolute atomic E-state index is 12.9. The van der Waals surface area contributed by atoms with Crippen LogP contribution in [0.15, 0.2) is 0 Å². The van der Waals surface area contributed by atoms with Crippen molar-refractivity contribution in [1.29, 1.82) is 0 Å². The van der Waals surface area contributed by atoms with Crippen molar-refractivity contribution >= 4 is 6.41 Å². The van der Waals surface area contributed by atoms with Crippen LogP contribution < -0.4 is 5.32 Å². The van der Waals surface area contributed by atoms with E-state index < -0.39 is 11.6 Å². The molecule has 1 heterocycles. The quantitative estimate of drug-likeness (QED) is 0.784. The molecule has 0 atom stereocenters. The molecule has 112 valence electrons. The Morgan fingerprint density at radius 2 is 1.80 bits per heavy atom. The minimum Gasteiger partial charge on any atom is -0.345 e. The van der Waals surface area contributed by atoms with Crippen LogP contribution in [0.1, 0.15) is 32.1 Å². The maximum Gasteiger partial charge on any atom is 0.395 e. The van der Waals surface area contributed by atoms with E-state index in [4.69, 9.17) is 0 Å². The first-order chi connectivity index (χ1) is 9.32. The van der Waals surface area contributed by atoms with E-state index in [1.54, 1.807) is 4.90 Å². The van der Waals surface area contributed by atoms with Crippen LogP contribution in [-0.4, -0.2) is 42.7 Å². The second-order valence-corrected chi connectivity index (χ2v) is 7.56. The number of carbonyl (C=O) groups is 1. The van der Waals surface area contributed by atoms with Crippen molar-refractivity contribution in [2.24, 2.45) is 16.7 Å². The predicted octanol–water partition coefficient (Wildman–Crippen LogP) is 1.93. The van der Waals surface area contributed by atoms with Gasteiger partial charge in [0.15, 0.2) is 0 Å². The van der Waals surface area contributed by atoms with Gasteiger partial charge in [-0.1, -0.05) is 0 Å². The Balaban J connectivity index is 1.28. The van der Waals surface area contributed by atoms with Crippen LogP contribution in [0.3, 0.4) is 0 Å². The summed E-state index contributed by atoms with van der Waals surface area (Å²) in [6, 6.07) is 0. The molecule has 20 heavy (non-hydrogen) atoms. The minimum atomic E-state index is -4.06. The number of nitrogens with zero attached hydrogens (tertiary/aromatic N) is 1. The monoisotopic (exact) mass is 288 g/mol. The van der Waals surface area contributed by atoms with E-state index in [1.165, 1.54) is 0 Å². The van der Waals surface area contributed by atoms with Gasteiger partial charge >= 0.3 is 6.18 Å². The summed E-state index contributed by atoms with van der Waals surface area (Å²) in [5.41, 5.74) is -1.11. The SMILES string of the molecule is O=CN1CC(C23CC(NCC4(C(F)(F)F)CC4)(C2)C3)C1. The topological polar surface area (TPSA) is 32.3 Å². The van der Waals surface area contributed by atoms with Crippen molar-refractivity contribution in [3.8, 4) is 0 Å². The molecule has 3 nitrogen and oxygen atoms in total. The Labute approximate surface area is 115 Å². The third-order valence-electron chi connectivity index (χ3n) is 6.25. The number of rotatable bonds is 5. The summed E-state index contributed by atoms with van der Waals surface area (Å²) in [6.07, 6.45) is 0.404. The Morgan fingerprint density at radius 3 is 2.25 bits per heavy atom. The number of amides is 1. The van der Waals surface area contributed by atoms with Crippen molar-refractivity contribution in [2.45, 2.75) is 43.8 Å². The largest absolute Gasteiger partial charge is 0.395 e. The third kappa shape index (κ3) is 1.54. The molecule has 1 N–H and O–H groups in total. The van der Waals surface area contributed by atoms with Gasteiger partial charge in [-0.05, 0) is 43.4 Å². The van der Waals surface area contributed by atoms with Gasteiger partial charge in [-0.2, -0.15) is 13.2 Å². The van der Waals surface area contributed by atoms with Crippen LogP contribution in [0, 0.1) is 16.7 Å². The van der Waals surface area contributed by atoms with Crippen molar-refractivity contribution in [2.75, 3.05) is 19.6 Å². The number of likely N-dealkylation sites (tertiary alicyclic amines) is 1. The van der Waals surface area contributed by atoms with Gasteiger partial charge in [0.2, 0.25) is 6.41 Å². The number of hydrogen-bond donors (Lipinski definition) is 1. The first kappa shape index (κ1) is 12.9. The molecular weight excluding hydrogens is 269 g/mol. The van der Waals surface area contributed by atoms with E-state index in [9.17, 15) is 18.0 Å². The first-order valence-corrected chi connectivity index (χ1v) is 7.33. The number of nitrogens with one attached hydrogen (secondary N) is 1. The van der Waals surface area contributed by atoms with Crippen molar-refractivity contribution in [3.63, 3.8) is 0 Å². The summed E-state index contributed by atoms with van der Waals surface area (Å²) in [5, 5.41) is 3.22. The van der Waals surface area contributed by atoms with E-state index in [-0.39, 0.29) is 24.9 Å². The van der Waals surface area contributed by atoms with Crippen LogP contribution in [0.2, 0.25) is 0 Å². The van der Waals surface area contributed by atoms with Crippen molar-refractivity contribution in [3.05, 3.63) is 0 Å². The summed E-state index contributed by atoms with van der Waals surface area (Å²) in [5.74, 6) is 0.578. The van der Waals surface area contributed by atoms with E-state index in [1.807, 2.05) is 0 Å². The molecular formula is C14H19F3N2O. The summed E-state index contributed by atoms with van der Waals surface area (Å²) < 4.78 is 38.6. The standard InChI is InChI=1S/C14H19F3N2O/c15-14(16,17)12(1-2-12)8-18-13-5-11(6-13,7-13)10-3-19(4-10)9-20/h9-10,18H,1-8H2. The van der Waals surface area contributed by atoms with Crippen LogP contribution in [-0.2, 0) is 4.79 Å². The zero-order valence-electron chi connectivity index (χ0n) is 11.3. The lowest BCUT2D eigenvalue weighted by Gasteiger charge is -2.75. The van der Waals surface area contributed by atoms with E-state index in [2.05, 4.69) is 5.32 Å². The smallest absolute Gasteiger partial charge is 0.345 e. The average molecular weight is 288 g/mol. The minimum absolute atomic E-state index is 0.0115.